The van der Waals surface area contributed by atoms with Crippen LogP contribution < -0.4 is 5.73 Å². The van der Waals surface area contributed by atoms with E-state index in [1.165, 1.54) is 4.90 Å². The van der Waals surface area contributed by atoms with Crippen molar-refractivity contribution in [2.45, 2.75) is 50.8 Å². The number of hydrogen-bond donors (Lipinski definition) is 2. The molecule has 7 nitrogen and oxygen atoms in total. The monoisotopic (exact) mass is 435 g/mol. The Morgan fingerprint density at radius 2 is 1.97 bits per heavy atom. The van der Waals surface area contributed by atoms with E-state index in [4.69, 9.17) is 15.5 Å². The summed E-state index contributed by atoms with van der Waals surface area (Å²) in [5, 5.41) is 9.51. The number of carbonyl (C=O) groups excluding carboxylic acids is 1. The number of fused-ring (bicyclic) bond motifs is 1. The Bertz CT molecular complexity index is 1010. The number of aromatic carboxylic acids is 1. The molecular weight excluding hydrogens is 406 g/mol. The molecule has 1 unspecified atom stereocenters. The molecule has 0 radical (unpaired) electrons. The van der Waals surface area contributed by atoms with Crippen LogP contribution in [0.25, 0.3) is 0 Å². The van der Waals surface area contributed by atoms with Crippen molar-refractivity contribution in [2.75, 3.05) is 7.11 Å². The average Bonchev–Trinajstić information content (AvgIpc) is 3.10. The number of hydrogen-bond acceptors (Lipinski definition) is 4. The first-order chi connectivity index (χ1) is 15.5. The maximum Gasteiger partial charge on any atom is 0.335 e. The van der Waals surface area contributed by atoms with Crippen LogP contribution in [0.4, 0.5) is 0 Å². The van der Waals surface area contributed by atoms with Gasteiger partial charge in [-0.25, -0.2) is 9.79 Å². The summed E-state index contributed by atoms with van der Waals surface area (Å²) in [6, 6.07) is 14.6. The van der Waals surface area contributed by atoms with Crippen molar-refractivity contribution >= 4 is 18.3 Å². The van der Waals surface area contributed by atoms with Crippen molar-refractivity contribution < 1.29 is 19.4 Å². The Balaban J connectivity index is 1.69. The van der Waals surface area contributed by atoms with Gasteiger partial charge in [0.1, 0.15) is 0 Å². The van der Waals surface area contributed by atoms with Gasteiger partial charge in [-0.2, -0.15) is 0 Å². The summed E-state index contributed by atoms with van der Waals surface area (Å²) in [6.45, 7) is 0.327. The van der Waals surface area contributed by atoms with Gasteiger partial charge in [0.15, 0.2) is 5.96 Å². The number of amides is 1. The van der Waals surface area contributed by atoms with E-state index in [-0.39, 0.29) is 29.1 Å². The molecule has 7 heteroatoms. The minimum Gasteiger partial charge on any atom is -0.478 e. The number of ether oxygens (including phenoxy) is 1. The summed E-state index contributed by atoms with van der Waals surface area (Å²) in [6.07, 6.45) is 5.40. The third-order valence-corrected chi connectivity index (χ3v) is 6.95. The molecular formula is C25H29N3O4. The van der Waals surface area contributed by atoms with E-state index in [0.717, 1.165) is 48.8 Å². The van der Waals surface area contributed by atoms with Gasteiger partial charge in [-0.3, -0.25) is 9.69 Å². The Morgan fingerprint density at radius 3 is 2.59 bits per heavy atom. The standard InChI is InChI=1S/C25H29N3O4/c1-32-20-9-11-25(12-10-20)14-19-8-7-18(23(30)31)13-21(19)22(25)27-24(26)28(16-29)15-17-5-3-2-4-6-17/h2-8,13,16,20,22H,9-12,14-15H2,1H3,(H2,26,27)(H,30,31)/t20-,22?,25-. The smallest absolute Gasteiger partial charge is 0.335 e. The van der Waals surface area contributed by atoms with Crippen LogP contribution in [0.1, 0.15) is 58.8 Å². The van der Waals surface area contributed by atoms with Crippen LogP contribution in [0, 0.1) is 5.41 Å². The Hall–Kier alpha value is -3.19. The molecule has 1 fully saturated rings. The number of methoxy groups -OCH3 is 1. The second-order valence-electron chi connectivity index (χ2n) is 8.80. The first-order valence-electron chi connectivity index (χ1n) is 10.9. The lowest BCUT2D eigenvalue weighted by molar-refractivity contribution is -0.115. The zero-order valence-corrected chi connectivity index (χ0v) is 18.2. The minimum absolute atomic E-state index is 0.149. The molecule has 2 aliphatic rings. The molecule has 1 atom stereocenters. The highest BCUT2D eigenvalue weighted by molar-refractivity contribution is 5.89. The fourth-order valence-electron chi connectivity index (χ4n) is 5.17. The van der Waals surface area contributed by atoms with Crippen LogP contribution in [0.2, 0.25) is 0 Å². The molecule has 2 aromatic carbocycles. The van der Waals surface area contributed by atoms with Crippen molar-refractivity contribution in [3.8, 4) is 0 Å². The SMILES string of the molecule is CO[C@H]1CC[C@]2(CC1)Cc1ccc(C(=O)O)cc1C2/N=C(/N)N(C=O)Cc1ccccc1. The van der Waals surface area contributed by atoms with Gasteiger partial charge in [-0.15, -0.1) is 0 Å². The van der Waals surface area contributed by atoms with E-state index in [0.29, 0.717) is 13.0 Å². The predicted molar refractivity (Wildman–Crippen MR) is 121 cm³/mol. The molecule has 0 heterocycles. The van der Waals surface area contributed by atoms with Crippen LogP contribution in [0.15, 0.2) is 53.5 Å². The molecule has 0 aliphatic heterocycles. The van der Waals surface area contributed by atoms with E-state index in [9.17, 15) is 14.7 Å². The summed E-state index contributed by atoms with van der Waals surface area (Å²) < 4.78 is 5.57. The number of aliphatic imine (C=N–C) groups is 1. The maximum absolute atomic E-state index is 11.8. The number of benzene rings is 2. The highest BCUT2D eigenvalue weighted by Gasteiger charge is 2.48. The largest absolute Gasteiger partial charge is 0.478 e. The molecule has 0 aromatic heterocycles. The molecule has 3 N–H and O–H groups in total. The van der Waals surface area contributed by atoms with Gasteiger partial charge in [0, 0.05) is 12.5 Å². The molecule has 2 aliphatic carbocycles. The second-order valence-corrected chi connectivity index (χ2v) is 8.80. The van der Waals surface area contributed by atoms with Crippen molar-refractivity contribution in [3.05, 3.63) is 70.8 Å². The van der Waals surface area contributed by atoms with Crippen LogP contribution >= 0.6 is 0 Å². The molecule has 4 rings (SSSR count). The molecule has 32 heavy (non-hydrogen) atoms. The molecule has 1 spiro atoms. The van der Waals surface area contributed by atoms with Crippen LogP contribution in [0.3, 0.4) is 0 Å². The molecule has 0 saturated heterocycles. The molecule has 1 saturated carbocycles. The molecule has 2 aromatic rings. The normalized spacial score (nSPS) is 24.8. The third-order valence-electron chi connectivity index (χ3n) is 6.95. The van der Waals surface area contributed by atoms with Gasteiger partial charge < -0.3 is 15.6 Å². The Kier molecular flexibility index (Phi) is 6.28. The van der Waals surface area contributed by atoms with E-state index in [1.54, 1.807) is 19.2 Å². The fraction of sp³-hybridized carbons (Fsp3) is 0.400. The van der Waals surface area contributed by atoms with Gasteiger partial charge >= 0.3 is 5.97 Å². The summed E-state index contributed by atoms with van der Waals surface area (Å²) in [5.41, 5.74) is 9.40. The highest BCUT2D eigenvalue weighted by Crippen LogP contribution is 2.56. The molecule has 168 valence electrons. The van der Waals surface area contributed by atoms with E-state index in [2.05, 4.69) is 0 Å². The topological polar surface area (TPSA) is 105 Å². The third kappa shape index (κ3) is 4.25. The second kappa shape index (κ2) is 9.12. The van der Waals surface area contributed by atoms with Crippen LogP contribution in [0.5, 0.6) is 0 Å². The molecule has 1 amide bonds. The lowest BCUT2D eigenvalue weighted by Crippen LogP contribution is -2.39. The van der Waals surface area contributed by atoms with Crippen molar-refractivity contribution in [2.24, 2.45) is 16.1 Å². The maximum atomic E-state index is 11.8. The number of carboxylic acid groups (broad SMARTS) is 1. The number of nitrogens with zero attached hydrogens (tertiary/aromatic N) is 2. The Morgan fingerprint density at radius 1 is 1.25 bits per heavy atom. The zero-order valence-electron chi connectivity index (χ0n) is 18.2. The lowest BCUT2D eigenvalue weighted by atomic mass is 9.68. The summed E-state index contributed by atoms with van der Waals surface area (Å²) in [5.74, 6) is -0.818. The summed E-state index contributed by atoms with van der Waals surface area (Å²) in [7, 11) is 1.74. The fourth-order valence-corrected chi connectivity index (χ4v) is 5.17. The van der Waals surface area contributed by atoms with Crippen molar-refractivity contribution in [1.82, 2.24) is 4.90 Å². The van der Waals surface area contributed by atoms with Crippen molar-refractivity contribution in [1.29, 1.82) is 0 Å². The van der Waals surface area contributed by atoms with Gasteiger partial charge in [0.05, 0.1) is 24.3 Å². The zero-order chi connectivity index (χ0) is 22.7. The number of carboxylic acids is 1. The molecule has 0 bridgehead atoms. The van der Waals surface area contributed by atoms with E-state index >= 15 is 0 Å². The van der Waals surface area contributed by atoms with E-state index in [1.807, 2.05) is 36.4 Å². The average molecular weight is 436 g/mol. The number of rotatable bonds is 6. The van der Waals surface area contributed by atoms with E-state index < -0.39 is 5.97 Å². The quantitative estimate of drug-likeness (QED) is 0.410. The van der Waals surface area contributed by atoms with Crippen molar-refractivity contribution in [3.63, 3.8) is 0 Å². The van der Waals surface area contributed by atoms with Crippen LogP contribution in [-0.4, -0.2) is 41.6 Å². The first kappa shape index (κ1) is 22.0. The highest BCUT2D eigenvalue weighted by atomic mass is 16.5. The lowest BCUT2D eigenvalue weighted by Gasteiger charge is -2.40. The van der Waals surface area contributed by atoms with Gasteiger partial charge in [-0.1, -0.05) is 36.4 Å². The first-order valence-corrected chi connectivity index (χ1v) is 10.9. The predicted octanol–water partition coefficient (Wildman–Crippen LogP) is 3.53. The summed E-state index contributed by atoms with van der Waals surface area (Å²) >= 11 is 0. The minimum atomic E-state index is -0.967. The number of nitrogens with two attached hydrogens (primary N) is 1. The number of guanidine groups is 1. The van der Waals surface area contributed by atoms with Gasteiger partial charge in [0.2, 0.25) is 6.41 Å². The summed E-state index contributed by atoms with van der Waals surface area (Å²) in [4.78, 5) is 29.7. The Labute approximate surface area is 187 Å². The van der Waals surface area contributed by atoms with Crippen LogP contribution in [-0.2, 0) is 22.5 Å². The van der Waals surface area contributed by atoms with Gasteiger partial charge in [0.25, 0.3) is 0 Å². The number of carbonyl (C=O) groups is 2. The van der Waals surface area contributed by atoms with Gasteiger partial charge in [-0.05, 0) is 60.9 Å².